The molecule has 0 saturated heterocycles. The second kappa shape index (κ2) is 26.5. The number of nitrogens with zero attached hydrogens (tertiary/aromatic N) is 7. The van der Waals surface area contributed by atoms with Crippen LogP contribution in [0.4, 0.5) is 0 Å². The van der Waals surface area contributed by atoms with E-state index in [2.05, 4.69) is 230 Å². The van der Waals surface area contributed by atoms with Crippen molar-refractivity contribution in [3.05, 3.63) is 375 Å². The van der Waals surface area contributed by atoms with Crippen molar-refractivity contribution < 1.29 is 58.8 Å². The van der Waals surface area contributed by atoms with Gasteiger partial charge in [0, 0.05) is 171 Å². The SMILES string of the molecule is Cc1cc(C)c(-n2[c-][n+](Cc3cccnc3)cc2)c(C)c1.Cc1ccccc1.[Ag+].[Cl-].[Zn].c1ccc([C+]2c3ccc([n-]3)[C+](c3ccccc3)c3ccc([n-]3)[C+](c3ccccc3)c3ccc([n-]3)[C+](c3ccccc3)c3ccc2[n-]3)cc1. The number of hydrogen-bond acceptors (Lipinski definition) is 1. The van der Waals surface area contributed by atoms with Crippen molar-refractivity contribution in [1.82, 2.24) is 29.5 Å². The molecule has 6 aromatic heterocycles. The maximum Gasteiger partial charge on any atom is 1.00 e. The van der Waals surface area contributed by atoms with E-state index in [1.807, 2.05) is 60.9 Å². The number of pyridine rings is 1. The molecule has 0 saturated carbocycles. The Morgan fingerprint density at radius 3 is 1.05 bits per heavy atom. The standard InChI is InChI=1S/C44H28N4.C18H19N3.C7H8.Ag.ClH.Zn/c1-5-13-29(14-6-1)41-33-21-23-35(45-33)42(30-15-7-2-8-16-30)37-25-27-39(47-37)44(32-19-11-4-12-20-32)40-28-26-38(48-40)43(31-17-9-3-10-18-31)36-24-22-34(41)46-36;1-14-9-15(2)18(16(3)10-14)21-8-7-20(13-21)12-17-5-4-6-19-11-17;1-7-5-3-2-4-6-7;;;/h1-28H;4-11H,12H2,1-3H3;2-6H,1H3;;1H;/q;;;+1;;/p-1. The van der Waals surface area contributed by atoms with Crippen LogP contribution in [0.5, 0.6) is 0 Å². The molecule has 10 heteroatoms. The summed E-state index contributed by atoms with van der Waals surface area (Å²) in [6.07, 6.45) is 11.2. The van der Waals surface area contributed by atoms with Crippen molar-refractivity contribution in [2.45, 2.75) is 34.2 Å². The third-order valence-electron chi connectivity index (χ3n) is 13.4. The summed E-state index contributed by atoms with van der Waals surface area (Å²) >= 11 is 0. The normalized spacial score (nSPS) is 11.4. The Labute approximate surface area is 499 Å². The number of aromatic nitrogens is 7. The maximum absolute atomic E-state index is 5.31. The van der Waals surface area contributed by atoms with E-state index in [0.717, 1.165) is 98.0 Å². The third-order valence-corrected chi connectivity index (χ3v) is 13.4. The van der Waals surface area contributed by atoms with Gasteiger partial charge in [0.2, 0.25) is 6.33 Å². The number of hydrogen-bond donors (Lipinski definition) is 0. The van der Waals surface area contributed by atoms with E-state index in [-0.39, 0.29) is 54.3 Å². The molecular formula is C69H55AgClN7Zn. The van der Waals surface area contributed by atoms with Crippen molar-refractivity contribution in [2.75, 3.05) is 0 Å². The molecule has 386 valence electrons. The average molecular weight is 1190 g/mol. The van der Waals surface area contributed by atoms with Gasteiger partial charge >= 0.3 is 22.4 Å². The van der Waals surface area contributed by atoms with Crippen LogP contribution in [0.2, 0.25) is 0 Å². The topological polar surface area (TPSA) is 78.1 Å². The summed E-state index contributed by atoms with van der Waals surface area (Å²) in [6, 6.07) is 77.1. The van der Waals surface area contributed by atoms with Gasteiger partial charge in [-0.25, -0.2) is 0 Å². The van der Waals surface area contributed by atoms with E-state index in [9.17, 15) is 0 Å². The molecule has 7 heterocycles. The molecule has 0 aliphatic carbocycles. The summed E-state index contributed by atoms with van der Waals surface area (Å²) in [5, 5.41) is 0. The minimum absolute atomic E-state index is 0. The third kappa shape index (κ3) is 13.1. The van der Waals surface area contributed by atoms with Gasteiger partial charge in [-0.3, -0.25) is 4.98 Å². The van der Waals surface area contributed by atoms with Crippen LogP contribution in [-0.4, -0.2) is 9.55 Å². The first-order chi connectivity index (χ1) is 37.3. The summed E-state index contributed by atoms with van der Waals surface area (Å²) in [4.78, 5) is 25.4. The first-order valence-corrected chi connectivity index (χ1v) is 25.6. The molecular weight excluding hydrogens is 1140 g/mol. The molecule has 0 atom stereocenters. The Hall–Kier alpha value is -8.07. The van der Waals surface area contributed by atoms with E-state index >= 15 is 0 Å². The second-order valence-corrected chi connectivity index (χ2v) is 19.0. The molecule has 0 radical (unpaired) electrons. The molecule has 12 aromatic rings. The van der Waals surface area contributed by atoms with Crippen LogP contribution in [0.3, 0.4) is 0 Å². The predicted octanol–water partition coefficient (Wildman–Crippen LogP) is 9.83. The smallest absolute Gasteiger partial charge is 1.00 e. The Bertz CT molecular complexity index is 3330. The van der Waals surface area contributed by atoms with Crippen molar-refractivity contribution in [1.29, 1.82) is 0 Å². The summed E-state index contributed by atoms with van der Waals surface area (Å²) in [6.45, 7) is 9.29. The minimum Gasteiger partial charge on any atom is -1.00 e. The van der Waals surface area contributed by atoms with Crippen molar-refractivity contribution in [2.24, 2.45) is 0 Å². The maximum atomic E-state index is 5.31. The van der Waals surface area contributed by atoms with E-state index in [1.165, 1.54) is 33.5 Å². The number of aryl methyl sites for hydroxylation is 4. The van der Waals surface area contributed by atoms with Crippen LogP contribution < -0.4 is 36.9 Å². The summed E-state index contributed by atoms with van der Waals surface area (Å²) in [5.41, 5.74) is 18.7. The molecule has 0 amide bonds. The summed E-state index contributed by atoms with van der Waals surface area (Å²) in [7, 11) is 0. The fourth-order valence-electron chi connectivity index (χ4n) is 10.0. The van der Waals surface area contributed by atoms with Crippen LogP contribution in [-0.2, 0) is 48.4 Å². The Kier molecular flexibility index (Phi) is 19.2. The molecule has 0 unspecified atom stereocenters. The zero-order valence-electron chi connectivity index (χ0n) is 44.4. The fraction of sp³-hybridized carbons (Fsp3) is 0.0725. The first-order valence-electron chi connectivity index (χ1n) is 25.6. The van der Waals surface area contributed by atoms with Crippen LogP contribution in [0, 0.1) is 57.7 Å². The van der Waals surface area contributed by atoms with Crippen LogP contribution in [0.1, 0.15) is 95.6 Å². The number of benzene rings is 6. The van der Waals surface area contributed by atoms with Gasteiger partial charge in [-0.1, -0.05) is 59.7 Å². The molecule has 1 aliphatic rings. The zero-order valence-corrected chi connectivity index (χ0v) is 49.6. The molecule has 8 bridgehead atoms. The van der Waals surface area contributed by atoms with Crippen LogP contribution in [0.25, 0.3) is 5.69 Å². The monoisotopic (exact) mass is 1190 g/mol. The van der Waals surface area contributed by atoms with Crippen molar-refractivity contribution >= 4 is 0 Å². The Morgan fingerprint density at radius 1 is 0.430 bits per heavy atom. The van der Waals surface area contributed by atoms with Gasteiger partial charge in [0.15, 0.2) is 0 Å². The van der Waals surface area contributed by atoms with E-state index in [4.69, 9.17) is 19.9 Å². The molecule has 7 nitrogen and oxygen atoms in total. The fourth-order valence-corrected chi connectivity index (χ4v) is 10.0. The van der Waals surface area contributed by atoms with Gasteiger partial charge in [0.05, 0.1) is 34.5 Å². The predicted molar refractivity (Wildman–Crippen MR) is 301 cm³/mol. The molecule has 6 aromatic carbocycles. The number of rotatable bonds is 7. The van der Waals surface area contributed by atoms with Gasteiger partial charge < -0.3 is 41.5 Å². The van der Waals surface area contributed by atoms with Crippen molar-refractivity contribution in [3.8, 4) is 5.69 Å². The Balaban J connectivity index is 0.000000220. The van der Waals surface area contributed by atoms with E-state index in [0.29, 0.717) is 0 Å². The number of halogens is 1. The number of fused-ring (bicyclic) bond motifs is 8. The molecule has 0 spiro atoms. The molecule has 1 aliphatic heterocycles. The minimum atomic E-state index is 0. The van der Waals surface area contributed by atoms with Gasteiger partial charge in [-0.05, 0) is 163 Å². The molecule has 13 rings (SSSR count). The second-order valence-electron chi connectivity index (χ2n) is 19.0. The summed E-state index contributed by atoms with van der Waals surface area (Å²) in [5.74, 6) is 3.91. The molecule has 79 heavy (non-hydrogen) atoms. The Morgan fingerprint density at radius 2 is 0.759 bits per heavy atom. The van der Waals surface area contributed by atoms with Gasteiger partial charge in [0.1, 0.15) is 0 Å². The van der Waals surface area contributed by atoms with Gasteiger partial charge in [-0.2, -0.15) is 0 Å². The van der Waals surface area contributed by atoms with Gasteiger partial charge in [0.25, 0.3) is 0 Å². The van der Waals surface area contributed by atoms with Crippen LogP contribution >= 0.6 is 0 Å². The van der Waals surface area contributed by atoms with Crippen molar-refractivity contribution in [3.63, 3.8) is 0 Å². The largest absolute Gasteiger partial charge is 1.00 e. The summed E-state index contributed by atoms with van der Waals surface area (Å²) < 4.78 is 4.12. The van der Waals surface area contributed by atoms with E-state index in [1.54, 1.807) is 6.20 Å². The van der Waals surface area contributed by atoms with Crippen LogP contribution in [0.15, 0.2) is 249 Å². The average Bonchev–Trinajstić information content (AvgIpc) is 4.47. The molecule has 0 N–H and O–H groups in total. The zero-order chi connectivity index (χ0) is 51.8. The van der Waals surface area contributed by atoms with E-state index < -0.39 is 0 Å². The first kappa shape index (κ1) is 57.1. The quantitative estimate of drug-likeness (QED) is 0.0903. The van der Waals surface area contributed by atoms with Gasteiger partial charge in [-0.15, -0.1) is 0 Å². The molecule has 0 fully saturated rings. The number of imidazole rings is 1.